The Morgan fingerprint density at radius 3 is 2.48 bits per heavy atom. The Labute approximate surface area is 147 Å². The Morgan fingerprint density at radius 1 is 1.28 bits per heavy atom. The van der Waals surface area contributed by atoms with Gasteiger partial charge in [0.05, 0.1) is 4.92 Å². The standard InChI is InChI=1S/C15H13ClN4O5/c1-19(15(22)23)8-9-2-4-10(5-3-9)14(21)18-13-11(20(24)25)6-7-12(16)17-13/h2-7H,8H2,1H3,(H,22,23)(H,17,18,21). The number of amides is 2. The second-order valence-electron chi connectivity index (χ2n) is 5.05. The number of hydrogen-bond donors (Lipinski definition) is 2. The molecule has 0 saturated carbocycles. The second-order valence-corrected chi connectivity index (χ2v) is 5.44. The van der Waals surface area contributed by atoms with Crippen LogP contribution in [0.25, 0.3) is 0 Å². The molecule has 2 rings (SSSR count). The fourth-order valence-corrected chi connectivity index (χ4v) is 2.10. The lowest BCUT2D eigenvalue weighted by Gasteiger charge is -2.13. The molecule has 0 saturated heterocycles. The van der Waals surface area contributed by atoms with Crippen LogP contribution in [0.5, 0.6) is 0 Å². The fourth-order valence-electron chi connectivity index (χ4n) is 1.95. The van der Waals surface area contributed by atoms with Gasteiger partial charge in [0, 0.05) is 25.2 Å². The number of carbonyl (C=O) groups excluding carboxylic acids is 1. The fraction of sp³-hybridized carbons (Fsp3) is 0.133. The summed E-state index contributed by atoms with van der Waals surface area (Å²) in [5.41, 5.74) is 0.545. The van der Waals surface area contributed by atoms with E-state index in [4.69, 9.17) is 16.7 Å². The predicted molar refractivity (Wildman–Crippen MR) is 89.8 cm³/mol. The Morgan fingerprint density at radius 2 is 1.92 bits per heavy atom. The summed E-state index contributed by atoms with van der Waals surface area (Å²) < 4.78 is 0. The molecule has 1 heterocycles. The zero-order valence-corrected chi connectivity index (χ0v) is 13.7. The van der Waals surface area contributed by atoms with Crippen molar-refractivity contribution in [2.24, 2.45) is 0 Å². The number of anilines is 1. The number of pyridine rings is 1. The summed E-state index contributed by atoms with van der Waals surface area (Å²) in [4.78, 5) is 38.1. The first-order valence-corrected chi connectivity index (χ1v) is 7.31. The van der Waals surface area contributed by atoms with Crippen molar-refractivity contribution in [1.29, 1.82) is 0 Å². The van der Waals surface area contributed by atoms with Gasteiger partial charge in [-0.3, -0.25) is 14.9 Å². The molecule has 10 heteroatoms. The number of benzene rings is 1. The molecule has 25 heavy (non-hydrogen) atoms. The van der Waals surface area contributed by atoms with E-state index in [1.807, 2.05) is 0 Å². The number of carboxylic acid groups (broad SMARTS) is 1. The summed E-state index contributed by atoms with van der Waals surface area (Å²) in [5, 5.41) is 22.2. The van der Waals surface area contributed by atoms with E-state index < -0.39 is 16.9 Å². The maximum atomic E-state index is 12.2. The van der Waals surface area contributed by atoms with Gasteiger partial charge in [-0.2, -0.15) is 0 Å². The van der Waals surface area contributed by atoms with Crippen molar-refractivity contribution in [3.8, 4) is 0 Å². The van der Waals surface area contributed by atoms with E-state index in [9.17, 15) is 19.7 Å². The van der Waals surface area contributed by atoms with E-state index in [0.717, 1.165) is 11.0 Å². The highest BCUT2D eigenvalue weighted by Crippen LogP contribution is 2.24. The van der Waals surface area contributed by atoms with Gasteiger partial charge in [0.2, 0.25) is 5.82 Å². The van der Waals surface area contributed by atoms with Crippen molar-refractivity contribution in [2.45, 2.75) is 6.54 Å². The van der Waals surface area contributed by atoms with Gasteiger partial charge in [0.25, 0.3) is 5.91 Å². The van der Waals surface area contributed by atoms with Crippen molar-refractivity contribution in [2.75, 3.05) is 12.4 Å². The van der Waals surface area contributed by atoms with Gasteiger partial charge in [-0.25, -0.2) is 9.78 Å². The predicted octanol–water partition coefficient (Wildman–Crippen LogP) is 3.01. The van der Waals surface area contributed by atoms with Crippen LogP contribution in [0, 0.1) is 10.1 Å². The summed E-state index contributed by atoms with van der Waals surface area (Å²) >= 11 is 5.71. The average molecular weight is 365 g/mol. The van der Waals surface area contributed by atoms with E-state index in [-0.39, 0.29) is 28.8 Å². The largest absolute Gasteiger partial charge is 0.465 e. The summed E-state index contributed by atoms with van der Waals surface area (Å²) in [5.74, 6) is -0.854. The Bertz CT molecular complexity index is 825. The number of hydrogen-bond acceptors (Lipinski definition) is 5. The van der Waals surface area contributed by atoms with Crippen LogP contribution < -0.4 is 5.32 Å². The first-order valence-electron chi connectivity index (χ1n) is 6.93. The van der Waals surface area contributed by atoms with E-state index in [2.05, 4.69) is 10.3 Å². The third kappa shape index (κ3) is 4.64. The van der Waals surface area contributed by atoms with Crippen molar-refractivity contribution in [3.05, 3.63) is 62.8 Å². The molecule has 0 bridgehead atoms. The molecule has 1 aromatic heterocycles. The molecule has 0 spiro atoms. The van der Waals surface area contributed by atoms with Crippen LogP contribution in [0.15, 0.2) is 36.4 Å². The van der Waals surface area contributed by atoms with Gasteiger partial charge in [-0.05, 0) is 23.8 Å². The minimum absolute atomic E-state index is 0.00737. The Kier molecular flexibility index (Phi) is 5.50. The van der Waals surface area contributed by atoms with Gasteiger partial charge >= 0.3 is 11.8 Å². The summed E-state index contributed by atoms with van der Waals surface area (Å²) in [6.07, 6.45) is -1.07. The zero-order chi connectivity index (χ0) is 18.6. The molecule has 1 aromatic carbocycles. The minimum atomic E-state index is -1.07. The third-order valence-electron chi connectivity index (χ3n) is 3.23. The van der Waals surface area contributed by atoms with Crippen molar-refractivity contribution >= 4 is 35.1 Å². The third-order valence-corrected chi connectivity index (χ3v) is 3.44. The normalized spacial score (nSPS) is 10.2. The van der Waals surface area contributed by atoms with Crippen molar-refractivity contribution < 1.29 is 19.6 Å². The quantitative estimate of drug-likeness (QED) is 0.477. The average Bonchev–Trinajstić information content (AvgIpc) is 2.55. The van der Waals surface area contributed by atoms with Crippen LogP contribution >= 0.6 is 11.6 Å². The summed E-state index contributed by atoms with van der Waals surface area (Å²) in [6.45, 7) is 0.165. The van der Waals surface area contributed by atoms with Crippen LogP contribution in [0.1, 0.15) is 15.9 Å². The number of halogens is 1. The van der Waals surface area contributed by atoms with Crippen LogP contribution in [0.3, 0.4) is 0 Å². The van der Waals surface area contributed by atoms with Gasteiger partial charge in [0.1, 0.15) is 5.15 Å². The van der Waals surface area contributed by atoms with Gasteiger partial charge in [-0.15, -0.1) is 0 Å². The van der Waals surface area contributed by atoms with E-state index in [1.165, 1.54) is 25.2 Å². The van der Waals surface area contributed by atoms with Crippen LogP contribution in [0.2, 0.25) is 5.15 Å². The molecule has 0 fully saturated rings. The van der Waals surface area contributed by atoms with Gasteiger partial charge < -0.3 is 15.3 Å². The van der Waals surface area contributed by atoms with Gasteiger partial charge in [0.15, 0.2) is 0 Å². The molecule has 0 unspecified atom stereocenters. The first kappa shape index (κ1) is 18.1. The molecule has 0 atom stereocenters. The van der Waals surface area contributed by atoms with Crippen LogP contribution in [-0.2, 0) is 6.54 Å². The zero-order valence-electron chi connectivity index (χ0n) is 13.0. The maximum absolute atomic E-state index is 12.2. The molecule has 0 aliphatic carbocycles. The second kappa shape index (κ2) is 7.58. The number of nitro groups is 1. The van der Waals surface area contributed by atoms with E-state index in [0.29, 0.717) is 5.56 Å². The molecule has 130 valence electrons. The lowest BCUT2D eigenvalue weighted by atomic mass is 10.1. The molecule has 0 radical (unpaired) electrons. The molecule has 9 nitrogen and oxygen atoms in total. The minimum Gasteiger partial charge on any atom is -0.465 e. The van der Waals surface area contributed by atoms with Crippen LogP contribution in [0.4, 0.5) is 16.3 Å². The summed E-state index contributed by atoms with van der Waals surface area (Å²) in [7, 11) is 1.42. The first-order chi connectivity index (χ1) is 11.8. The smallest absolute Gasteiger partial charge is 0.407 e. The van der Waals surface area contributed by atoms with E-state index in [1.54, 1.807) is 12.1 Å². The molecule has 0 aliphatic rings. The Hall–Kier alpha value is -3.20. The highest BCUT2D eigenvalue weighted by molar-refractivity contribution is 6.29. The van der Waals surface area contributed by atoms with Crippen molar-refractivity contribution in [1.82, 2.24) is 9.88 Å². The molecular formula is C15H13ClN4O5. The molecule has 2 aromatic rings. The van der Waals surface area contributed by atoms with Crippen LogP contribution in [-0.4, -0.2) is 39.0 Å². The van der Waals surface area contributed by atoms with Gasteiger partial charge in [-0.1, -0.05) is 23.7 Å². The number of nitrogens with zero attached hydrogens (tertiary/aromatic N) is 3. The molecule has 0 aliphatic heterocycles. The lowest BCUT2D eigenvalue weighted by molar-refractivity contribution is -0.384. The topological polar surface area (TPSA) is 126 Å². The number of carbonyl (C=O) groups is 2. The number of rotatable bonds is 5. The SMILES string of the molecule is CN(Cc1ccc(C(=O)Nc2nc(Cl)ccc2[N+](=O)[O-])cc1)C(=O)O. The summed E-state index contributed by atoms with van der Waals surface area (Å²) in [6, 6.07) is 8.55. The molecular weight excluding hydrogens is 352 g/mol. The Balaban J connectivity index is 2.15. The highest BCUT2D eigenvalue weighted by atomic mass is 35.5. The molecule has 2 N–H and O–H groups in total. The monoisotopic (exact) mass is 364 g/mol. The van der Waals surface area contributed by atoms with E-state index >= 15 is 0 Å². The number of nitrogens with one attached hydrogen (secondary N) is 1. The van der Waals surface area contributed by atoms with Crippen molar-refractivity contribution in [3.63, 3.8) is 0 Å². The maximum Gasteiger partial charge on any atom is 0.407 e. The lowest BCUT2D eigenvalue weighted by Crippen LogP contribution is -2.23. The highest BCUT2D eigenvalue weighted by Gasteiger charge is 2.19. The molecule has 2 amide bonds. The number of aromatic nitrogens is 1.